The van der Waals surface area contributed by atoms with Gasteiger partial charge in [-0.15, -0.1) is 0 Å². The summed E-state index contributed by atoms with van der Waals surface area (Å²) in [7, 11) is 0. The van der Waals surface area contributed by atoms with Gasteiger partial charge in [-0.25, -0.2) is 4.98 Å². The zero-order chi connectivity index (χ0) is 18.5. The number of anilines is 2. The largest absolute Gasteiger partial charge is 0.444 e. The van der Waals surface area contributed by atoms with Crippen LogP contribution < -0.4 is 16.6 Å². The number of hydrogen-bond acceptors (Lipinski definition) is 7. The summed E-state index contributed by atoms with van der Waals surface area (Å²) in [6.07, 6.45) is 3.79. The number of likely N-dealkylation sites (tertiary alicyclic amines) is 1. The number of halogens is 1. The lowest BCUT2D eigenvalue weighted by Crippen LogP contribution is -2.31. The quantitative estimate of drug-likeness (QED) is 0.465. The SMILES string of the molecule is Nc1nc(SCCN2CCCCC2)[nH]c(=O)c1NC(=O)c1ccc(Br)o1. The van der Waals surface area contributed by atoms with Crippen LogP contribution in [0, 0.1) is 0 Å². The molecule has 1 aliphatic heterocycles. The van der Waals surface area contributed by atoms with E-state index in [1.165, 1.54) is 37.1 Å². The topological polar surface area (TPSA) is 117 Å². The number of nitrogens with one attached hydrogen (secondary N) is 2. The summed E-state index contributed by atoms with van der Waals surface area (Å²) in [4.78, 5) is 33.6. The molecule has 0 bridgehead atoms. The maximum Gasteiger partial charge on any atom is 0.291 e. The first-order chi connectivity index (χ1) is 12.5. The van der Waals surface area contributed by atoms with Gasteiger partial charge in [0.2, 0.25) is 0 Å². The van der Waals surface area contributed by atoms with Gasteiger partial charge in [0, 0.05) is 12.3 Å². The lowest BCUT2D eigenvalue weighted by atomic mass is 10.1. The third-order valence-electron chi connectivity index (χ3n) is 4.06. The molecule has 1 fully saturated rings. The molecular formula is C16H20BrN5O3S. The predicted octanol–water partition coefficient (Wildman–Crippen LogP) is 2.54. The van der Waals surface area contributed by atoms with Crippen LogP contribution in [0.5, 0.6) is 0 Å². The first-order valence-corrected chi connectivity index (χ1v) is 10.1. The van der Waals surface area contributed by atoms with Gasteiger partial charge in [0.1, 0.15) is 0 Å². The van der Waals surface area contributed by atoms with Crippen molar-refractivity contribution < 1.29 is 9.21 Å². The summed E-state index contributed by atoms with van der Waals surface area (Å²) in [6, 6.07) is 3.07. The summed E-state index contributed by atoms with van der Waals surface area (Å²) in [5.74, 6) is 0.290. The molecule has 0 aliphatic carbocycles. The molecule has 0 spiro atoms. The van der Waals surface area contributed by atoms with Gasteiger partial charge in [0.25, 0.3) is 11.5 Å². The summed E-state index contributed by atoms with van der Waals surface area (Å²) >= 11 is 4.56. The van der Waals surface area contributed by atoms with Crippen LogP contribution in [-0.2, 0) is 0 Å². The van der Waals surface area contributed by atoms with E-state index in [1.54, 1.807) is 6.07 Å². The third kappa shape index (κ3) is 4.89. The average Bonchev–Trinajstić information content (AvgIpc) is 3.05. The minimum Gasteiger partial charge on any atom is -0.444 e. The molecule has 8 nitrogen and oxygen atoms in total. The van der Waals surface area contributed by atoms with Crippen molar-refractivity contribution in [2.75, 3.05) is 36.4 Å². The van der Waals surface area contributed by atoms with Crippen LogP contribution in [0.4, 0.5) is 11.5 Å². The average molecular weight is 442 g/mol. The molecule has 1 aliphatic rings. The molecule has 2 aromatic heterocycles. The van der Waals surface area contributed by atoms with Crippen LogP contribution in [-0.4, -0.2) is 46.2 Å². The van der Waals surface area contributed by atoms with Crippen molar-refractivity contribution in [1.29, 1.82) is 0 Å². The maximum atomic E-state index is 12.2. The molecule has 0 atom stereocenters. The van der Waals surface area contributed by atoms with Crippen molar-refractivity contribution in [3.8, 4) is 0 Å². The molecule has 0 aromatic carbocycles. The fraction of sp³-hybridized carbons (Fsp3) is 0.438. The van der Waals surface area contributed by atoms with Crippen molar-refractivity contribution >= 4 is 45.1 Å². The summed E-state index contributed by atoms with van der Waals surface area (Å²) in [6.45, 7) is 3.20. The normalized spacial score (nSPS) is 15.1. The van der Waals surface area contributed by atoms with Crippen molar-refractivity contribution in [3.63, 3.8) is 0 Å². The first kappa shape index (κ1) is 19.0. The molecule has 4 N–H and O–H groups in total. The van der Waals surface area contributed by atoms with Gasteiger partial charge in [-0.1, -0.05) is 18.2 Å². The van der Waals surface area contributed by atoms with Crippen molar-refractivity contribution in [1.82, 2.24) is 14.9 Å². The number of nitrogens with zero attached hydrogens (tertiary/aromatic N) is 2. The second-order valence-electron chi connectivity index (χ2n) is 5.94. The standard InChI is InChI=1S/C16H20BrN5O3S/c17-11-5-4-10(25-11)14(23)19-12-13(18)20-16(21-15(12)24)26-9-8-22-6-2-1-3-7-22/h4-5H,1-3,6-9H2,(H,19,23)(H3,18,20,21,24). The summed E-state index contributed by atoms with van der Waals surface area (Å²) in [5.41, 5.74) is 5.29. The highest BCUT2D eigenvalue weighted by molar-refractivity contribution is 9.10. The van der Waals surface area contributed by atoms with E-state index in [2.05, 4.69) is 36.1 Å². The highest BCUT2D eigenvalue weighted by Gasteiger charge is 2.17. The first-order valence-electron chi connectivity index (χ1n) is 8.34. The van der Waals surface area contributed by atoms with Gasteiger partial charge in [-0.3, -0.25) is 14.6 Å². The Morgan fingerprint density at radius 3 is 2.81 bits per heavy atom. The molecule has 0 saturated carbocycles. The summed E-state index contributed by atoms with van der Waals surface area (Å²) < 4.78 is 5.57. The van der Waals surface area contributed by atoms with Crippen LogP contribution >= 0.6 is 27.7 Å². The van der Waals surface area contributed by atoms with E-state index in [9.17, 15) is 9.59 Å². The number of carbonyl (C=O) groups is 1. The van der Waals surface area contributed by atoms with Crippen LogP contribution in [0.2, 0.25) is 0 Å². The maximum absolute atomic E-state index is 12.2. The second kappa shape index (κ2) is 8.74. The van der Waals surface area contributed by atoms with Gasteiger partial charge < -0.3 is 20.4 Å². The number of nitrogen functional groups attached to an aromatic ring is 1. The molecule has 2 aromatic rings. The zero-order valence-corrected chi connectivity index (χ0v) is 16.5. The molecule has 10 heteroatoms. The van der Waals surface area contributed by atoms with Gasteiger partial charge in [0.05, 0.1) is 0 Å². The minimum absolute atomic E-state index is 0.0202. The Kier molecular flexibility index (Phi) is 6.38. The van der Waals surface area contributed by atoms with E-state index < -0.39 is 11.5 Å². The number of aromatic amines is 1. The molecular weight excluding hydrogens is 422 g/mol. The van der Waals surface area contributed by atoms with Crippen molar-refractivity contribution in [2.45, 2.75) is 24.4 Å². The van der Waals surface area contributed by atoms with Crippen LogP contribution in [0.1, 0.15) is 29.8 Å². The lowest BCUT2D eigenvalue weighted by molar-refractivity contribution is 0.0995. The van der Waals surface area contributed by atoms with Crippen LogP contribution in [0.25, 0.3) is 0 Å². The van der Waals surface area contributed by atoms with E-state index >= 15 is 0 Å². The monoisotopic (exact) mass is 441 g/mol. The summed E-state index contributed by atoms with van der Waals surface area (Å²) in [5, 5.41) is 2.89. The van der Waals surface area contributed by atoms with Crippen LogP contribution in [0.3, 0.4) is 0 Å². The molecule has 26 heavy (non-hydrogen) atoms. The third-order valence-corrected chi connectivity index (χ3v) is 5.34. The molecule has 140 valence electrons. The number of furan rings is 1. The van der Waals surface area contributed by atoms with E-state index in [4.69, 9.17) is 10.2 Å². The Balaban J connectivity index is 1.60. The number of thioether (sulfide) groups is 1. The highest BCUT2D eigenvalue weighted by atomic mass is 79.9. The Labute approximate surface area is 163 Å². The lowest BCUT2D eigenvalue weighted by Gasteiger charge is -2.25. The van der Waals surface area contributed by atoms with Gasteiger partial charge in [0.15, 0.2) is 27.1 Å². The molecule has 1 saturated heterocycles. The number of piperidine rings is 1. The van der Waals surface area contributed by atoms with E-state index in [1.807, 2.05) is 0 Å². The van der Waals surface area contributed by atoms with Gasteiger partial charge in [-0.2, -0.15) is 0 Å². The number of aromatic nitrogens is 2. The van der Waals surface area contributed by atoms with Gasteiger partial charge in [-0.05, 0) is 54.0 Å². The van der Waals surface area contributed by atoms with E-state index in [0.29, 0.717) is 9.83 Å². The van der Waals surface area contributed by atoms with Crippen LogP contribution in [0.15, 0.2) is 31.2 Å². The predicted molar refractivity (Wildman–Crippen MR) is 105 cm³/mol. The molecule has 3 heterocycles. The number of rotatable bonds is 6. The highest BCUT2D eigenvalue weighted by Crippen LogP contribution is 2.19. The Morgan fingerprint density at radius 2 is 2.15 bits per heavy atom. The number of carbonyl (C=O) groups excluding carboxylic acids is 1. The molecule has 0 unspecified atom stereocenters. The fourth-order valence-corrected chi connectivity index (χ4v) is 3.90. The molecule has 3 rings (SSSR count). The Morgan fingerprint density at radius 1 is 1.38 bits per heavy atom. The smallest absolute Gasteiger partial charge is 0.291 e. The van der Waals surface area contributed by atoms with E-state index in [-0.39, 0.29) is 17.3 Å². The Bertz CT molecular complexity index is 832. The fourth-order valence-electron chi connectivity index (χ4n) is 2.72. The zero-order valence-electron chi connectivity index (χ0n) is 14.1. The molecule has 0 radical (unpaired) electrons. The van der Waals surface area contributed by atoms with Crippen molar-refractivity contribution in [2.24, 2.45) is 0 Å². The van der Waals surface area contributed by atoms with E-state index in [0.717, 1.165) is 25.4 Å². The number of H-pyrrole nitrogens is 1. The van der Waals surface area contributed by atoms with Crippen molar-refractivity contribution in [3.05, 3.63) is 32.9 Å². The molecule has 1 amide bonds. The minimum atomic E-state index is -0.569. The number of amides is 1. The second-order valence-corrected chi connectivity index (χ2v) is 7.81. The Hall–Kier alpha value is -1.78. The van der Waals surface area contributed by atoms with Gasteiger partial charge >= 0.3 is 0 Å². The number of hydrogen-bond donors (Lipinski definition) is 3. The number of nitrogens with two attached hydrogens (primary N) is 1.